The van der Waals surface area contributed by atoms with Gasteiger partial charge in [-0.15, -0.1) is 11.6 Å². The minimum atomic E-state index is 0.435. The molecule has 86 valence electrons. The molecule has 3 heteroatoms. The van der Waals surface area contributed by atoms with Crippen LogP contribution in [0.5, 0.6) is 5.75 Å². The van der Waals surface area contributed by atoms with Crippen LogP contribution >= 0.6 is 11.6 Å². The van der Waals surface area contributed by atoms with Crippen molar-refractivity contribution in [2.24, 2.45) is 11.8 Å². The summed E-state index contributed by atoms with van der Waals surface area (Å²) >= 11 is 5.76. The average Bonchev–Trinajstić information content (AvgIpc) is 2.91. The van der Waals surface area contributed by atoms with Crippen molar-refractivity contribution in [1.29, 1.82) is 0 Å². The number of aromatic nitrogens is 1. The van der Waals surface area contributed by atoms with E-state index < -0.39 is 0 Å². The summed E-state index contributed by atoms with van der Waals surface area (Å²) < 4.78 is 6.05. The molecular formula is C13H16ClNO. The van der Waals surface area contributed by atoms with Crippen LogP contribution in [0.25, 0.3) is 0 Å². The number of alkyl halides is 1. The van der Waals surface area contributed by atoms with Crippen molar-refractivity contribution >= 4 is 11.6 Å². The Bertz CT molecular complexity index is 382. The van der Waals surface area contributed by atoms with E-state index in [1.807, 2.05) is 12.1 Å². The highest BCUT2D eigenvalue weighted by Gasteiger charge is 2.40. The summed E-state index contributed by atoms with van der Waals surface area (Å²) in [6.07, 6.45) is 7.59. The summed E-state index contributed by atoms with van der Waals surface area (Å²) in [4.78, 5) is 4.17. The maximum Gasteiger partial charge on any atom is 0.123 e. The van der Waals surface area contributed by atoms with Crippen LogP contribution in [0.3, 0.4) is 0 Å². The van der Waals surface area contributed by atoms with Gasteiger partial charge in [0.25, 0.3) is 0 Å². The zero-order valence-electron chi connectivity index (χ0n) is 9.23. The minimum absolute atomic E-state index is 0.435. The third-order valence-corrected chi connectivity index (χ3v) is 4.16. The third-order valence-electron chi connectivity index (χ3n) is 3.89. The fraction of sp³-hybridized carbons (Fsp3) is 0.615. The monoisotopic (exact) mass is 237 g/mol. The van der Waals surface area contributed by atoms with Crippen LogP contribution in [0.4, 0.5) is 0 Å². The predicted octanol–water partition coefficient (Wildman–Crippen LogP) is 3.39. The molecule has 1 heterocycles. The van der Waals surface area contributed by atoms with Crippen molar-refractivity contribution in [3.63, 3.8) is 0 Å². The zero-order valence-corrected chi connectivity index (χ0v) is 9.99. The van der Waals surface area contributed by atoms with Crippen molar-refractivity contribution in [1.82, 2.24) is 4.98 Å². The van der Waals surface area contributed by atoms with Gasteiger partial charge in [0.05, 0.1) is 11.6 Å². The predicted molar refractivity (Wildman–Crippen MR) is 63.7 cm³/mol. The van der Waals surface area contributed by atoms with Gasteiger partial charge in [-0.05, 0) is 43.6 Å². The standard InChI is InChI=1S/C13H16ClNO/c14-8-11-7-12(3-4-15-11)16-13-6-9-1-2-10(13)5-9/h3-4,7,9-10,13H,1-2,5-6,8H2/t9-,10+,13+/m0/s1. The zero-order chi connectivity index (χ0) is 11.0. The second-order valence-corrected chi connectivity index (χ2v) is 5.21. The minimum Gasteiger partial charge on any atom is -0.490 e. The summed E-state index contributed by atoms with van der Waals surface area (Å²) in [6, 6.07) is 3.89. The van der Waals surface area contributed by atoms with Crippen molar-refractivity contribution in [2.75, 3.05) is 0 Å². The van der Waals surface area contributed by atoms with E-state index in [0.717, 1.165) is 23.3 Å². The number of pyridine rings is 1. The highest BCUT2D eigenvalue weighted by atomic mass is 35.5. The van der Waals surface area contributed by atoms with Gasteiger partial charge in [-0.25, -0.2) is 0 Å². The number of nitrogens with zero attached hydrogens (tertiary/aromatic N) is 1. The molecule has 2 fully saturated rings. The van der Waals surface area contributed by atoms with Gasteiger partial charge >= 0.3 is 0 Å². The lowest BCUT2D eigenvalue weighted by Gasteiger charge is -2.23. The quantitative estimate of drug-likeness (QED) is 0.752. The highest BCUT2D eigenvalue weighted by Crippen LogP contribution is 2.45. The fourth-order valence-electron chi connectivity index (χ4n) is 3.11. The van der Waals surface area contributed by atoms with Crippen LogP contribution in [0.15, 0.2) is 18.3 Å². The van der Waals surface area contributed by atoms with Gasteiger partial charge < -0.3 is 4.74 Å². The van der Waals surface area contributed by atoms with E-state index in [4.69, 9.17) is 16.3 Å². The molecule has 0 saturated heterocycles. The van der Waals surface area contributed by atoms with E-state index in [2.05, 4.69) is 4.98 Å². The maximum absolute atomic E-state index is 6.05. The van der Waals surface area contributed by atoms with E-state index in [1.54, 1.807) is 6.20 Å². The lowest BCUT2D eigenvalue weighted by molar-refractivity contribution is 0.138. The molecular weight excluding hydrogens is 222 g/mol. The second kappa shape index (κ2) is 4.25. The first kappa shape index (κ1) is 10.4. The summed E-state index contributed by atoms with van der Waals surface area (Å²) in [5.41, 5.74) is 0.891. The normalized spacial score (nSPS) is 31.9. The Morgan fingerprint density at radius 1 is 1.38 bits per heavy atom. The molecule has 2 aliphatic rings. The molecule has 3 atom stereocenters. The van der Waals surface area contributed by atoms with Gasteiger partial charge in [0, 0.05) is 12.3 Å². The number of halogens is 1. The van der Waals surface area contributed by atoms with Crippen molar-refractivity contribution < 1.29 is 4.74 Å². The van der Waals surface area contributed by atoms with E-state index >= 15 is 0 Å². The molecule has 0 unspecified atom stereocenters. The Morgan fingerprint density at radius 3 is 3.00 bits per heavy atom. The molecule has 3 rings (SSSR count). The molecule has 16 heavy (non-hydrogen) atoms. The highest BCUT2D eigenvalue weighted by molar-refractivity contribution is 6.16. The van der Waals surface area contributed by atoms with Crippen LogP contribution in [0, 0.1) is 11.8 Å². The molecule has 2 bridgehead atoms. The first-order valence-electron chi connectivity index (χ1n) is 6.02. The van der Waals surface area contributed by atoms with Crippen LogP contribution in [0.1, 0.15) is 31.4 Å². The van der Waals surface area contributed by atoms with Gasteiger partial charge in [-0.1, -0.05) is 0 Å². The summed E-state index contributed by atoms with van der Waals surface area (Å²) in [5, 5.41) is 0. The molecule has 2 nitrogen and oxygen atoms in total. The van der Waals surface area contributed by atoms with E-state index in [1.165, 1.54) is 25.7 Å². The van der Waals surface area contributed by atoms with Gasteiger partial charge in [-0.2, -0.15) is 0 Å². The van der Waals surface area contributed by atoms with Crippen molar-refractivity contribution in [3.8, 4) is 5.75 Å². The summed E-state index contributed by atoms with van der Waals surface area (Å²) in [5.74, 6) is 3.10. The first-order valence-corrected chi connectivity index (χ1v) is 6.56. The van der Waals surface area contributed by atoms with Crippen LogP contribution < -0.4 is 4.74 Å². The molecule has 0 spiro atoms. The molecule has 1 aromatic rings. The molecule has 0 amide bonds. The lowest BCUT2D eigenvalue weighted by atomic mass is 9.98. The Hall–Kier alpha value is -0.760. The topological polar surface area (TPSA) is 22.1 Å². The van der Waals surface area contributed by atoms with Crippen LogP contribution in [0.2, 0.25) is 0 Å². The fourth-order valence-corrected chi connectivity index (χ4v) is 3.25. The Labute approximate surface area is 101 Å². The molecule has 2 aliphatic carbocycles. The van der Waals surface area contributed by atoms with Gasteiger partial charge in [0.2, 0.25) is 0 Å². The Morgan fingerprint density at radius 2 is 2.31 bits per heavy atom. The number of fused-ring (bicyclic) bond motifs is 2. The molecule has 2 saturated carbocycles. The summed E-state index contributed by atoms with van der Waals surface area (Å²) in [7, 11) is 0. The Balaban J connectivity index is 1.69. The number of hydrogen-bond acceptors (Lipinski definition) is 2. The number of hydrogen-bond donors (Lipinski definition) is 0. The smallest absolute Gasteiger partial charge is 0.123 e. The molecule has 0 radical (unpaired) electrons. The van der Waals surface area contributed by atoms with Gasteiger partial charge in [-0.3, -0.25) is 4.98 Å². The van der Waals surface area contributed by atoms with E-state index in [-0.39, 0.29) is 0 Å². The molecule has 1 aromatic heterocycles. The van der Waals surface area contributed by atoms with Crippen LogP contribution in [-0.2, 0) is 5.88 Å². The first-order chi connectivity index (χ1) is 7.85. The average molecular weight is 238 g/mol. The lowest BCUT2D eigenvalue weighted by Crippen LogP contribution is -2.23. The van der Waals surface area contributed by atoms with Gasteiger partial charge in [0.1, 0.15) is 11.9 Å². The Kier molecular flexibility index (Phi) is 2.76. The van der Waals surface area contributed by atoms with E-state index in [0.29, 0.717) is 12.0 Å². The van der Waals surface area contributed by atoms with Crippen molar-refractivity contribution in [3.05, 3.63) is 24.0 Å². The molecule has 0 N–H and O–H groups in total. The largest absolute Gasteiger partial charge is 0.490 e. The SMILES string of the molecule is ClCc1cc(O[C@@H]2C[C@H]3CC[C@@H]2C3)ccn1. The molecule has 0 aromatic carbocycles. The number of ether oxygens (including phenoxy) is 1. The maximum atomic E-state index is 6.05. The van der Waals surface area contributed by atoms with E-state index in [9.17, 15) is 0 Å². The summed E-state index contributed by atoms with van der Waals surface area (Å²) in [6.45, 7) is 0. The molecule has 0 aliphatic heterocycles. The number of rotatable bonds is 3. The van der Waals surface area contributed by atoms with Crippen molar-refractivity contribution in [2.45, 2.75) is 37.7 Å². The van der Waals surface area contributed by atoms with Gasteiger partial charge in [0.15, 0.2) is 0 Å². The second-order valence-electron chi connectivity index (χ2n) is 4.95. The third kappa shape index (κ3) is 1.91. The van der Waals surface area contributed by atoms with Crippen LogP contribution in [-0.4, -0.2) is 11.1 Å².